The molecule has 0 bridgehead atoms. The fraction of sp³-hybridized carbons (Fsp3) is 0.385. The Labute approximate surface area is 126 Å². The first-order valence-corrected chi connectivity index (χ1v) is 6.94. The number of benzene rings is 1. The zero-order valence-electron chi connectivity index (χ0n) is 10.7. The lowest BCUT2D eigenvalue weighted by molar-refractivity contribution is -0.133. The molecular formula is C13H14Cl2N2O3. The molecule has 0 aliphatic carbocycles. The second-order valence-corrected chi connectivity index (χ2v) is 5.43. The maximum Gasteiger partial charge on any atom is 0.239 e. The summed E-state index contributed by atoms with van der Waals surface area (Å²) >= 11 is 11.6. The average Bonchev–Trinajstić information content (AvgIpc) is 2.78. The van der Waals surface area contributed by atoms with Gasteiger partial charge in [0.15, 0.2) is 0 Å². The zero-order valence-corrected chi connectivity index (χ0v) is 12.2. The molecule has 0 unspecified atom stereocenters. The van der Waals surface area contributed by atoms with E-state index in [0.29, 0.717) is 23.6 Å². The lowest BCUT2D eigenvalue weighted by Gasteiger charge is -2.15. The number of phenols is 1. The van der Waals surface area contributed by atoms with E-state index in [0.717, 1.165) is 6.42 Å². The van der Waals surface area contributed by atoms with Crippen molar-refractivity contribution in [2.75, 3.05) is 13.1 Å². The van der Waals surface area contributed by atoms with Crippen LogP contribution >= 0.6 is 23.2 Å². The number of likely N-dealkylation sites (tertiary alicyclic amines) is 1. The SMILES string of the molecule is O=C(CN1CCCC1=O)NCc1cc(Cl)cc(Cl)c1O. The number of carbonyl (C=O) groups is 2. The molecule has 0 saturated carbocycles. The van der Waals surface area contributed by atoms with Crippen molar-refractivity contribution in [3.63, 3.8) is 0 Å². The number of nitrogens with zero attached hydrogens (tertiary/aromatic N) is 1. The van der Waals surface area contributed by atoms with Crippen molar-refractivity contribution in [1.29, 1.82) is 0 Å². The second kappa shape index (κ2) is 6.33. The van der Waals surface area contributed by atoms with Crippen molar-refractivity contribution in [3.05, 3.63) is 27.7 Å². The van der Waals surface area contributed by atoms with Crippen molar-refractivity contribution in [2.24, 2.45) is 0 Å². The van der Waals surface area contributed by atoms with Crippen LogP contribution in [0.1, 0.15) is 18.4 Å². The Morgan fingerprint density at radius 3 is 2.80 bits per heavy atom. The Morgan fingerprint density at radius 1 is 1.40 bits per heavy atom. The first-order chi connectivity index (χ1) is 9.47. The minimum Gasteiger partial charge on any atom is -0.506 e. The molecule has 2 amide bonds. The number of halogens is 2. The summed E-state index contributed by atoms with van der Waals surface area (Å²) in [5.41, 5.74) is 0.434. The van der Waals surface area contributed by atoms with Gasteiger partial charge in [-0.15, -0.1) is 0 Å². The fourth-order valence-corrected chi connectivity index (χ4v) is 2.58. The first kappa shape index (κ1) is 14.9. The first-order valence-electron chi connectivity index (χ1n) is 6.18. The predicted octanol–water partition coefficient (Wildman–Crippen LogP) is 1.94. The van der Waals surface area contributed by atoms with Gasteiger partial charge in [0, 0.05) is 30.1 Å². The van der Waals surface area contributed by atoms with Crippen LogP contribution in [0.5, 0.6) is 5.75 Å². The molecule has 1 aliphatic heterocycles. The van der Waals surface area contributed by atoms with Crippen LogP contribution in [-0.4, -0.2) is 34.9 Å². The molecule has 2 rings (SSSR count). The number of rotatable bonds is 4. The molecule has 108 valence electrons. The largest absolute Gasteiger partial charge is 0.506 e. The molecule has 0 aromatic heterocycles. The summed E-state index contributed by atoms with van der Waals surface area (Å²) in [5.74, 6) is -0.391. The molecule has 7 heteroatoms. The highest BCUT2D eigenvalue weighted by Crippen LogP contribution is 2.30. The minimum atomic E-state index is -0.282. The van der Waals surface area contributed by atoms with Crippen LogP contribution in [0.2, 0.25) is 10.0 Å². The number of nitrogens with one attached hydrogen (secondary N) is 1. The van der Waals surface area contributed by atoms with Gasteiger partial charge in [0.2, 0.25) is 11.8 Å². The Balaban J connectivity index is 1.92. The van der Waals surface area contributed by atoms with Gasteiger partial charge in [-0.05, 0) is 18.6 Å². The molecule has 5 nitrogen and oxygen atoms in total. The van der Waals surface area contributed by atoms with Crippen LogP contribution in [0, 0.1) is 0 Å². The van der Waals surface area contributed by atoms with Gasteiger partial charge in [-0.1, -0.05) is 23.2 Å². The van der Waals surface area contributed by atoms with Crippen molar-refractivity contribution in [1.82, 2.24) is 10.2 Å². The van der Waals surface area contributed by atoms with Crippen LogP contribution < -0.4 is 5.32 Å². The highest BCUT2D eigenvalue weighted by Gasteiger charge is 2.22. The van der Waals surface area contributed by atoms with Gasteiger partial charge in [0.1, 0.15) is 5.75 Å². The molecule has 0 radical (unpaired) electrons. The number of hydrogen-bond acceptors (Lipinski definition) is 3. The summed E-state index contributed by atoms with van der Waals surface area (Å²) in [5, 5.41) is 12.9. The zero-order chi connectivity index (χ0) is 14.7. The number of phenolic OH excluding ortho intramolecular Hbond substituents is 1. The smallest absolute Gasteiger partial charge is 0.239 e. The van der Waals surface area contributed by atoms with Gasteiger partial charge in [-0.3, -0.25) is 9.59 Å². The number of aromatic hydroxyl groups is 1. The van der Waals surface area contributed by atoms with Crippen LogP contribution in [0.25, 0.3) is 0 Å². The normalized spacial score (nSPS) is 14.7. The molecule has 1 aromatic carbocycles. The van der Waals surface area contributed by atoms with E-state index in [1.165, 1.54) is 17.0 Å². The van der Waals surface area contributed by atoms with Gasteiger partial charge in [0.25, 0.3) is 0 Å². The van der Waals surface area contributed by atoms with Crippen molar-refractivity contribution >= 4 is 35.0 Å². The summed E-state index contributed by atoms with van der Waals surface area (Å²) < 4.78 is 0. The molecule has 0 spiro atoms. The molecule has 1 heterocycles. The Bertz CT molecular complexity index is 549. The van der Waals surface area contributed by atoms with Crippen LogP contribution in [-0.2, 0) is 16.1 Å². The number of carbonyl (C=O) groups excluding carboxylic acids is 2. The van der Waals surface area contributed by atoms with E-state index in [2.05, 4.69) is 5.32 Å². The number of hydrogen-bond donors (Lipinski definition) is 2. The summed E-state index contributed by atoms with van der Waals surface area (Å²) in [6, 6.07) is 2.96. The predicted molar refractivity (Wildman–Crippen MR) is 75.8 cm³/mol. The van der Waals surface area contributed by atoms with E-state index < -0.39 is 0 Å². The number of amides is 2. The monoisotopic (exact) mass is 316 g/mol. The minimum absolute atomic E-state index is 0.00574. The quantitative estimate of drug-likeness (QED) is 0.891. The van der Waals surface area contributed by atoms with E-state index in [9.17, 15) is 14.7 Å². The third-order valence-corrected chi connectivity index (χ3v) is 3.60. The van der Waals surface area contributed by atoms with E-state index >= 15 is 0 Å². The summed E-state index contributed by atoms with van der Waals surface area (Å²) in [6.45, 7) is 0.751. The Hall–Kier alpha value is -1.46. The van der Waals surface area contributed by atoms with Crippen molar-refractivity contribution in [2.45, 2.75) is 19.4 Å². The van der Waals surface area contributed by atoms with Gasteiger partial charge >= 0.3 is 0 Å². The highest BCUT2D eigenvalue weighted by atomic mass is 35.5. The lowest BCUT2D eigenvalue weighted by atomic mass is 10.2. The summed E-state index contributed by atoms with van der Waals surface area (Å²) in [7, 11) is 0. The molecule has 1 fully saturated rings. The van der Waals surface area contributed by atoms with Gasteiger partial charge < -0.3 is 15.3 Å². The molecule has 2 N–H and O–H groups in total. The molecule has 0 atom stereocenters. The van der Waals surface area contributed by atoms with Crippen molar-refractivity contribution in [3.8, 4) is 5.75 Å². The highest BCUT2D eigenvalue weighted by molar-refractivity contribution is 6.35. The van der Waals surface area contributed by atoms with Gasteiger partial charge in [-0.25, -0.2) is 0 Å². The molecule has 1 aromatic rings. The van der Waals surface area contributed by atoms with Gasteiger partial charge in [0.05, 0.1) is 11.6 Å². The third-order valence-electron chi connectivity index (χ3n) is 3.09. The molecule has 1 aliphatic rings. The summed E-state index contributed by atoms with van der Waals surface area (Å²) in [6.07, 6.45) is 1.29. The second-order valence-electron chi connectivity index (χ2n) is 4.59. The fourth-order valence-electron chi connectivity index (χ4n) is 2.05. The maximum atomic E-state index is 11.7. The Kier molecular flexibility index (Phi) is 4.73. The van der Waals surface area contributed by atoms with Crippen LogP contribution in [0.15, 0.2) is 12.1 Å². The standard InChI is InChI=1S/C13H14Cl2N2O3/c14-9-4-8(13(20)10(15)5-9)6-16-11(18)7-17-3-1-2-12(17)19/h4-5,20H,1-3,6-7H2,(H,16,18). The molecule has 1 saturated heterocycles. The van der Waals surface area contributed by atoms with Gasteiger partial charge in [-0.2, -0.15) is 0 Å². The topological polar surface area (TPSA) is 69.6 Å². The lowest BCUT2D eigenvalue weighted by Crippen LogP contribution is -2.37. The maximum absolute atomic E-state index is 11.7. The van der Waals surface area contributed by atoms with Crippen LogP contribution in [0.3, 0.4) is 0 Å². The molecular weight excluding hydrogens is 303 g/mol. The van der Waals surface area contributed by atoms with E-state index in [1.54, 1.807) is 0 Å². The van der Waals surface area contributed by atoms with E-state index in [-0.39, 0.29) is 35.7 Å². The Morgan fingerprint density at radius 2 is 2.15 bits per heavy atom. The summed E-state index contributed by atoms with van der Waals surface area (Å²) in [4.78, 5) is 24.7. The van der Waals surface area contributed by atoms with E-state index in [4.69, 9.17) is 23.2 Å². The van der Waals surface area contributed by atoms with Crippen LogP contribution in [0.4, 0.5) is 0 Å². The third kappa shape index (κ3) is 3.55. The molecule has 20 heavy (non-hydrogen) atoms. The van der Waals surface area contributed by atoms with Crippen molar-refractivity contribution < 1.29 is 14.7 Å². The average molecular weight is 317 g/mol. The van der Waals surface area contributed by atoms with E-state index in [1.807, 2.05) is 0 Å².